The highest BCUT2D eigenvalue weighted by atomic mass is 19.1. The maximum Gasteiger partial charge on any atom is 0.292 e. The number of anilines is 1. The summed E-state index contributed by atoms with van der Waals surface area (Å²) in [7, 11) is 0. The maximum absolute atomic E-state index is 12.9. The van der Waals surface area contributed by atoms with Crippen LogP contribution in [0.15, 0.2) is 54.6 Å². The molecule has 1 heterocycles. The number of halogens is 1. The van der Waals surface area contributed by atoms with Gasteiger partial charge in [-0.25, -0.2) is 4.39 Å². The summed E-state index contributed by atoms with van der Waals surface area (Å²) in [5, 5.41) is 2.35. The van der Waals surface area contributed by atoms with E-state index < -0.39 is 17.5 Å². The van der Waals surface area contributed by atoms with Crippen LogP contribution in [0.2, 0.25) is 0 Å². The molecule has 1 aliphatic heterocycles. The Kier molecular flexibility index (Phi) is 5.80. The molecule has 2 aromatic rings. The Labute approximate surface area is 156 Å². The number of Topliss-reactive ketones (excluding diaryl/α,β-unsaturated/α-hetero) is 1. The lowest BCUT2D eigenvalue weighted by atomic mass is 10.1. The first-order valence-electron chi connectivity index (χ1n) is 8.70. The number of hydrogen-bond acceptors (Lipinski definition) is 4. The largest absolute Gasteiger partial charge is 0.368 e. The Morgan fingerprint density at radius 3 is 2.15 bits per heavy atom. The summed E-state index contributed by atoms with van der Waals surface area (Å²) in [5.74, 6) is -2.39. The van der Waals surface area contributed by atoms with Crippen molar-refractivity contribution in [2.45, 2.75) is 0 Å². The van der Waals surface area contributed by atoms with Crippen LogP contribution in [0.1, 0.15) is 10.4 Å². The van der Waals surface area contributed by atoms with E-state index in [-0.39, 0.29) is 18.0 Å². The minimum absolute atomic E-state index is 0.0813. The zero-order valence-corrected chi connectivity index (χ0v) is 14.7. The van der Waals surface area contributed by atoms with Crippen LogP contribution in [0.5, 0.6) is 0 Å². The van der Waals surface area contributed by atoms with Crippen LogP contribution in [0, 0.1) is 5.82 Å². The fourth-order valence-corrected chi connectivity index (χ4v) is 2.93. The monoisotopic (exact) mass is 369 g/mol. The summed E-state index contributed by atoms with van der Waals surface area (Å²) in [6.07, 6.45) is 0. The number of nitrogens with zero attached hydrogens (tertiary/aromatic N) is 2. The molecular formula is C20H20FN3O3. The minimum atomic E-state index is -0.877. The molecule has 6 nitrogen and oxygen atoms in total. The van der Waals surface area contributed by atoms with Crippen molar-refractivity contribution < 1.29 is 18.8 Å². The van der Waals surface area contributed by atoms with Gasteiger partial charge in [0, 0.05) is 37.4 Å². The lowest BCUT2D eigenvalue weighted by Gasteiger charge is -2.36. The smallest absolute Gasteiger partial charge is 0.292 e. The summed E-state index contributed by atoms with van der Waals surface area (Å²) < 4.78 is 12.9. The van der Waals surface area contributed by atoms with Crippen LogP contribution in [-0.2, 0) is 9.59 Å². The van der Waals surface area contributed by atoms with Gasteiger partial charge in [-0.1, -0.05) is 18.2 Å². The average Bonchev–Trinajstić information content (AvgIpc) is 2.72. The Morgan fingerprint density at radius 1 is 0.889 bits per heavy atom. The van der Waals surface area contributed by atoms with E-state index in [0.717, 1.165) is 17.8 Å². The van der Waals surface area contributed by atoms with E-state index in [1.807, 2.05) is 30.3 Å². The molecule has 0 unspecified atom stereocenters. The van der Waals surface area contributed by atoms with Crippen LogP contribution in [0.4, 0.5) is 10.1 Å². The Hall–Kier alpha value is -3.22. The fourth-order valence-electron chi connectivity index (χ4n) is 2.93. The number of para-hydroxylation sites is 1. The first-order chi connectivity index (χ1) is 13.0. The average molecular weight is 369 g/mol. The van der Waals surface area contributed by atoms with Gasteiger partial charge < -0.3 is 15.1 Å². The third kappa shape index (κ3) is 4.69. The normalized spacial score (nSPS) is 14.0. The molecule has 3 rings (SSSR count). The molecule has 0 spiro atoms. The fraction of sp³-hybridized carbons (Fsp3) is 0.250. The zero-order valence-electron chi connectivity index (χ0n) is 14.7. The highest BCUT2D eigenvalue weighted by Gasteiger charge is 2.23. The number of hydrogen-bond donors (Lipinski definition) is 1. The van der Waals surface area contributed by atoms with E-state index in [1.165, 1.54) is 12.1 Å². The van der Waals surface area contributed by atoms with Crippen molar-refractivity contribution >= 4 is 23.3 Å². The van der Waals surface area contributed by atoms with Crippen LogP contribution in [-0.4, -0.2) is 55.2 Å². The lowest BCUT2D eigenvalue weighted by Crippen LogP contribution is -2.51. The van der Waals surface area contributed by atoms with Crippen molar-refractivity contribution in [1.29, 1.82) is 0 Å². The van der Waals surface area contributed by atoms with Crippen molar-refractivity contribution in [1.82, 2.24) is 10.2 Å². The summed E-state index contributed by atoms with van der Waals surface area (Å²) in [6.45, 7) is 2.28. The number of carbonyl (C=O) groups excluding carboxylic acids is 3. The highest BCUT2D eigenvalue weighted by molar-refractivity contribution is 6.43. The topological polar surface area (TPSA) is 69.7 Å². The highest BCUT2D eigenvalue weighted by Crippen LogP contribution is 2.15. The van der Waals surface area contributed by atoms with Crippen LogP contribution < -0.4 is 10.2 Å². The molecule has 0 radical (unpaired) electrons. The van der Waals surface area contributed by atoms with Gasteiger partial charge in [0.25, 0.3) is 5.91 Å². The Morgan fingerprint density at radius 2 is 1.52 bits per heavy atom. The van der Waals surface area contributed by atoms with Gasteiger partial charge in [-0.3, -0.25) is 14.4 Å². The van der Waals surface area contributed by atoms with Crippen LogP contribution in [0.25, 0.3) is 0 Å². The minimum Gasteiger partial charge on any atom is -0.368 e. The molecule has 0 bridgehead atoms. The second-order valence-electron chi connectivity index (χ2n) is 6.22. The van der Waals surface area contributed by atoms with Crippen molar-refractivity contribution in [3.05, 3.63) is 66.0 Å². The second-order valence-corrected chi connectivity index (χ2v) is 6.22. The molecule has 1 aliphatic rings. The second kappa shape index (κ2) is 8.44. The first-order valence-corrected chi connectivity index (χ1v) is 8.70. The third-order valence-corrected chi connectivity index (χ3v) is 4.47. The van der Waals surface area contributed by atoms with Crippen LogP contribution in [0.3, 0.4) is 0 Å². The Bertz CT molecular complexity index is 816. The molecule has 0 aliphatic carbocycles. The van der Waals surface area contributed by atoms with Gasteiger partial charge in [0.15, 0.2) is 0 Å². The predicted octanol–water partition coefficient (Wildman–Crippen LogP) is 1.47. The van der Waals surface area contributed by atoms with Gasteiger partial charge in [-0.2, -0.15) is 0 Å². The molecule has 0 atom stereocenters. The zero-order chi connectivity index (χ0) is 19.2. The van der Waals surface area contributed by atoms with E-state index in [2.05, 4.69) is 10.2 Å². The standard InChI is InChI=1S/C20H20FN3O3/c21-16-8-6-15(7-9-16)19(26)20(27)22-14-18(25)24-12-10-23(11-13-24)17-4-2-1-3-5-17/h1-9H,10-14H2,(H,22,27). The SMILES string of the molecule is O=C(NCC(=O)N1CCN(c2ccccc2)CC1)C(=O)c1ccc(F)cc1. The van der Waals surface area contributed by atoms with Gasteiger partial charge in [0.2, 0.25) is 11.7 Å². The van der Waals surface area contributed by atoms with Gasteiger partial charge in [0.1, 0.15) is 5.82 Å². The Balaban J connectivity index is 1.46. The number of benzene rings is 2. The number of ketones is 1. The number of nitrogens with one attached hydrogen (secondary N) is 1. The van der Waals surface area contributed by atoms with E-state index >= 15 is 0 Å². The lowest BCUT2D eigenvalue weighted by molar-refractivity contribution is -0.132. The van der Waals surface area contributed by atoms with Gasteiger partial charge in [-0.05, 0) is 36.4 Å². The van der Waals surface area contributed by atoms with Gasteiger partial charge in [0.05, 0.1) is 6.54 Å². The molecule has 7 heteroatoms. The van der Waals surface area contributed by atoms with Gasteiger partial charge >= 0.3 is 0 Å². The number of carbonyl (C=O) groups is 3. The van der Waals surface area contributed by atoms with Crippen molar-refractivity contribution in [3.8, 4) is 0 Å². The maximum atomic E-state index is 12.9. The first kappa shape index (κ1) is 18.6. The molecule has 1 saturated heterocycles. The van der Waals surface area contributed by atoms with E-state index in [1.54, 1.807) is 4.90 Å². The molecule has 2 aromatic carbocycles. The molecule has 140 valence electrons. The predicted molar refractivity (Wildman–Crippen MR) is 99.0 cm³/mol. The number of rotatable bonds is 5. The summed E-state index contributed by atoms with van der Waals surface area (Å²) in [6, 6.07) is 14.7. The van der Waals surface area contributed by atoms with E-state index in [9.17, 15) is 18.8 Å². The van der Waals surface area contributed by atoms with Crippen molar-refractivity contribution in [2.75, 3.05) is 37.6 Å². The van der Waals surface area contributed by atoms with Crippen molar-refractivity contribution in [2.24, 2.45) is 0 Å². The summed E-state index contributed by atoms with van der Waals surface area (Å²) >= 11 is 0. The molecule has 27 heavy (non-hydrogen) atoms. The molecule has 1 fully saturated rings. The molecule has 0 saturated carbocycles. The third-order valence-electron chi connectivity index (χ3n) is 4.47. The van der Waals surface area contributed by atoms with Crippen LogP contribution >= 0.6 is 0 Å². The summed E-state index contributed by atoms with van der Waals surface area (Å²) in [5.41, 5.74) is 1.20. The van der Waals surface area contributed by atoms with E-state index in [0.29, 0.717) is 26.2 Å². The number of piperazine rings is 1. The molecule has 1 N–H and O–H groups in total. The van der Waals surface area contributed by atoms with Gasteiger partial charge in [-0.15, -0.1) is 0 Å². The molecule has 2 amide bonds. The van der Waals surface area contributed by atoms with Crippen molar-refractivity contribution in [3.63, 3.8) is 0 Å². The van der Waals surface area contributed by atoms with E-state index in [4.69, 9.17) is 0 Å². The molecular weight excluding hydrogens is 349 g/mol. The summed E-state index contributed by atoms with van der Waals surface area (Å²) in [4.78, 5) is 40.0. The molecule has 0 aromatic heterocycles. The quantitative estimate of drug-likeness (QED) is 0.640. The number of amides is 2.